The summed E-state index contributed by atoms with van der Waals surface area (Å²) in [6.45, 7) is 1.61. The first kappa shape index (κ1) is 13.6. The number of carbonyl (C=O) groups is 1. The molecule has 19 heavy (non-hydrogen) atoms. The van der Waals surface area contributed by atoms with Crippen LogP contribution in [0.15, 0.2) is 30.5 Å². The van der Waals surface area contributed by atoms with Crippen LogP contribution >= 0.6 is 11.6 Å². The standard InChI is InChI=1S/C12H8ClF3N2O/c1-7-10(11(13)19)6-17-18(7)9-4-2-8(3-5-9)12(14,15)16/h2-6H,1H3. The Morgan fingerprint density at radius 1 is 1.26 bits per heavy atom. The van der Waals surface area contributed by atoms with Crippen molar-refractivity contribution in [2.75, 3.05) is 0 Å². The highest BCUT2D eigenvalue weighted by molar-refractivity contribution is 6.67. The Morgan fingerprint density at radius 3 is 2.26 bits per heavy atom. The van der Waals surface area contributed by atoms with Gasteiger partial charge in [-0.3, -0.25) is 4.79 Å². The van der Waals surface area contributed by atoms with E-state index in [0.29, 0.717) is 11.4 Å². The Bertz CT molecular complexity index is 617. The van der Waals surface area contributed by atoms with Gasteiger partial charge in [0, 0.05) is 0 Å². The van der Waals surface area contributed by atoms with Crippen LogP contribution in [0.3, 0.4) is 0 Å². The summed E-state index contributed by atoms with van der Waals surface area (Å²) in [4.78, 5) is 11.1. The third-order valence-corrected chi connectivity index (χ3v) is 2.86. The maximum absolute atomic E-state index is 12.4. The predicted molar refractivity (Wildman–Crippen MR) is 63.5 cm³/mol. The molecule has 2 aromatic rings. The Hall–Kier alpha value is -1.82. The molecule has 1 aromatic carbocycles. The van der Waals surface area contributed by atoms with Gasteiger partial charge in [0.1, 0.15) is 0 Å². The van der Waals surface area contributed by atoms with Gasteiger partial charge in [0.25, 0.3) is 5.24 Å². The van der Waals surface area contributed by atoms with E-state index in [2.05, 4.69) is 5.10 Å². The number of aromatic nitrogens is 2. The van der Waals surface area contributed by atoms with Gasteiger partial charge in [-0.15, -0.1) is 0 Å². The molecule has 0 spiro atoms. The molecule has 0 aliphatic heterocycles. The van der Waals surface area contributed by atoms with Crippen molar-refractivity contribution < 1.29 is 18.0 Å². The molecule has 100 valence electrons. The smallest absolute Gasteiger partial charge is 0.275 e. The number of hydrogen-bond donors (Lipinski definition) is 0. The minimum Gasteiger partial charge on any atom is -0.275 e. The first-order chi connectivity index (χ1) is 8.80. The monoisotopic (exact) mass is 288 g/mol. The summed E-state index contributed by atoms with van der Waals surface area (Å²) in [5, 5.41) is 3.27. The third kappa shape index (κ3) is 2.63. The van der Waals surface area contributed by atoms with E-state index in [1.54, 1.807) is 6.92 Å². The summed E-state index contributed by atoms with van der Waals surface area (Å²) in [6.07, 6.45) is -3.10. The number of rotatable bonds is 2. The van der Waals surface area contributed by atoms with Gasteiger partial charge >= 0.3 is 6.18 Å². The van der Waals surface area contributed by atoms with Crippen LogP contribution in [0, 0.1) is 6.92 Å². The Balaban J connectivity index is 2.41. The number of hydrogen-bond acceptors (Lipinski definition) is 2. The summed E-state index contributed by atoms with van der Waals surface area (Å²) in [6, 6.07) is 4.48. The highest BCUT2D eigenvalue weighted by atomic mass is 35.5. The molecule has 1 heterocycles. The van der Waals surface area contributed by atoms with Crippen LogP contribution in [0.25, 0.3) is 5.69 Å². The van der Waals surface area contributed by atoms with Gasteiger partial charge in [-0.2, -0.15) is 18.3 Å². The molecule has 3 nitrogen and oxygen atoms in total. The number of nitrogens with zero attached hydrogens (tertiary/aromatic N) is 2. The largest absolute Gasteiger partial charge is 0.416 e. The predicted octanol–water partition coefficient (Wildman–Crippen LogP) is 3.58. The second-order valence-corrected chi connectivity index (χ2v) is 4.22. The van der Waals surface area contributed by atoms with Crippen LogP contribution in [0.5, 0.6) is 0 Å². The number of halogens is 4. The van der Waals surface area contributed by atoms with Crippen molar-refractivity contribution >= 4 is 16.8 Å². The maximum Gasteiger partial charge on any atom is 0.416 e. The van der Waals surface area contributed by atoms with E-state index in [0.717, 1.165) is 12.1 Å². The zero-order chi connectivity index (χ0) is 14.2. The summed E-state index contributed by atoms with van der Waals surface area (Å²) < 4.78 is 38.6. The molecule has 0 aliphatic carbocycles. The minimum absolute atomic E-state index is 0.224. The Labute approximate surface area is 111 Å². The van der Waals surface area contributed by atoms with Crippen LogP contribution in [0.1, 0.15) is 21.6 Å². The fraction of sp³-hybridized carbons (Fsp3) is 0.167. The highest BCUT2D eigenvalue weighted by Crippen LogP contribution is 2.29. The van der Waals surface area contributed by atoms with Crippen molar-refractivity contribution in [3.63, 3.8) is 0 Å². The van der Waals surface area contributed by atoms with E-state index in [4.69, 9.17) is 11.6 Å². The van der Waals surface area contributed by atoms with Gasteiger partial charge in [-0.25, -0.2) is 4.68 Å². The zero-order valence-corrected chi connectivity index (χ0v) is 10.5. The molecular weight excluding hydrogens is 281 g/mol. The zero-order valence-electron chi connectivity index (χ0n) is 9.70. The van der Waals surface area contributed by atoms with Crippen molar-refractivity contribution in [3.8, 4) is 5.69 Å². The second kappa shape index (κ2) is 4.70. The van der Waals surface area contributed by atoms with Gasteiger partial charge in [-0.1, -0.05) is 0 Å². The van der Waals surface area contributed by atoms with Gasteiger partial charge in [0.15, 0.2) is 0 Å². The van der Waals surface area contributed by atoms with Gasteiger partial charge < -0.3 is 0 Å². The fourth-order valence-electron chi connectivity index (χ4n) is 1.65. The number of alkyl halides is 3. The summed E-state index contributed by atoms with van der Waals surface area (Å²) in [7, 11) is 0. The molecule has 0 saturated carbocycles. The van der Waals surface area contributed by atoms with Crippen molar-refractivity contribution in [1.29, 1.82) is 0 Å². The van der Waals surface area contributed by atoms with Gasteiger partial charge in [0.05, 0.1) is 28.7 Å². The first-order valence-electron chi connectivity index (χ1n) is 5.23. The highest BCUT2D eigenvalue weighted by Gasteiger charge is 2.30. The lowest BCUT2D eigenvalue weighted by molar-refractivity contribution is -0.137. The first-order valence-corrected chi connectivity index (χ1v) is 5.60. The Morgan fingerprint density at radius 2 is 1.84 bits per heavy atom. The fourth-order valence-corrected chi connectivity index (χ4v) is 1.84. The van der Waals surface area contributed by atoms with Crippen LogP contribution in [-0.2, 0) is 6.18 Å². The van der Waals surface area contributed by atoms with Crippen LogP contribution in [-0.4, -0.2) is 15.0 Å². The van der Waals surface area contributed by atoms with E-state index < -0.39 is 17.0 Å². The molecule has 7 heteroatoms. The molecule has 1 aromatic heterocycles. The lowest BCUT2D eigenvalue weighted by Gasteiger charge is -2.08. The molecule has 0 radical (unpaired) electrons. The second-order valence-electron chi connectivity index (χ2n) is 3.87. The molecule has 2 rings (SSSR count). The summed E-state index contributed by atoms with van der Waals surface area (Å²) >= 11 is 5.35. The van der Waals surface area contributed by atoms with E-state index >= 15 is 0 Å². The molecule has 0 fully saturated rings. The van der Waals surface area contributed by atoms with Crippen molar-refractivity contribution in [1.82, 2.24) is 9.78 Å². The van der Waals surface area contributed by atoms with Gasteiger partial charge in [-0.05, 0) is 42.8 Å². The van der Waals surface area contributed by atoms with Crippen LogP contribution in [0.4, 0.5) is 13.2 Å². The van der Waals surface area contributed by atoms with E-state index in [-0.39, 0.29) is 5.56 Å². The lowest BCUT2D eigenvalue weighted by atomic mass is 10.2. The maximum atomic E-state index is 12.4. The third-order valence-electron chi connectivity index (χ3n) is 2.66. The number of benzene rings is 1. The summed E-state index contributed by atoms with van der Waals surface area (Å²) in [5.74, 6) is 0. The Kier molecular flexibility index (Phi) is 3.36. The van der Waals surface area contributed by atoms with E-state index in [1.165, 1.54) is 23.0 Å². The molecule has 0 bridgehead atoms. The molecule has 0 N–H and O–H groups in total. The molecule has 0 aliphatic rings. The average molecular weight is 289 g/mol. The van der Waals surface area contributed by atoms with E-state index in [1.807, 2.05) is 0 Å². The normalized spacial score (nSPS) is 11.6. The molecular formula is C12H8ClF3N2O. The van der Waals surface area contributed by atoms with Crippen molar-refractivity contribution in [2.24, 2.45) is 0 Å². The minimum atomic E-state index is -4.38. The van der Waals surface area contributed by atoms with Gasteiger partial charge in [0.2, 0.25) is 0 Å². The lowest BCUT2D eigenvalue weighted by Crippen LogP contribution is -2.06. The number of carbonyl (C=O) groups excluding carboxylic acids is 1. The van der Waals surface area contributed by atoms with E-state index in [9.17, 15) is 18.0 Å². The average Bonchev–Trinajstić information content (AvgIpc) is 2.70. The van der Waals surface area contributed by atoms with Crippen molar-refractivity contribution in [3.05, 3.63) is 47.3 Å². The van der Waals surface area contributed by atoms with Crippen LogP contribution < -0.4 is 0 Å². The molecule has 0 saturated heterocycles. The van der Waals surface area contributed by atoms with Crippen LogP contribution in [0.2, 0.25) is 0 Å². The topological polar surface area (TPSA) is 34.9 Å². The molecule has 0 atom stereocenters. The quantitative estimate of drug-likeness (QED) is 0.792. The SMILES string of the molecule is Cc1c(C(=O)Cl)cnn1-c1ccc(C(F)(F)F)cc1. The summed E-state index contributed by atoms with van der Waals surface area (Å²) in [5.41, 5.74) is 0.380. The molecule has 0 unspecified atom stereocenters. The van der Waals surface area contributed by atoms with Crippen molar-refractivity contribution in [2.45, 2.75) is 13.1 Å². The molecule has 0 amide bonds.